The molecule has 0 aromatic rings. The zero-order valence-corrected chi connectivity index (χ0v) is 10.2. The van der Waals surface area contributed by atoms with E-state index in [9.17, 15) is 4.79 Å². The third-order valence-corrected chi connectivity index (χ3v) is 3.27. The smallest absolute Gasteiger partial charge is 0.220 e. The molecule has 0 spiro atoms. The predicted molar refractivity (Wildman–Crippen MR) is 62.5 cm³/mol. The van der Waals surface area contributed by atoms with Crippen molar-refractivity contribution in [3.05, 3.63) is 0 Å². The molecule has 15 heavy (non-hydrogen) atoms. The van der Waals surface area contributed by atoms with Crippen LogP contribution in [0.1, 0.15) is 52.9 Å². The Balaban J connectivity index is 2.14. The summed E-state index contributed by atoms with van der Waals surface area (Å²) in [6, 6.07) is 0. The van der Waals surface area contributed by atoms with Gasteiger partial charge in [0, 0.05) is 18.5 Å². The van der Waals surface area contributed by atoms with Crippen LogP contribution in [0.2, 0.25) is 0 Å². The van der Waals surface area contributed by atoms with Crippen molar-refractivity contribution in [3.63, 3.8) is 0 Å². The van der Waals surface area contributed by atoms with Crippen LogP contribution in [0.5, 0.6) is 0 Å². The van der Waals surface area contributed by atoms with Crippen molar-refractivity contribution in [2.45, 2.75) is 58.4 Å². The minimum atomic E-state index is -0.238. The monoisotopic (exact) mass is 212 g/mol. The second kappa shape index (κ2) is 4.52. The number of amides is 1. The van der Waals surface area contributed by atoms with Gasteiger partial charge in [-0.15, -0.1) is 0 Å². The largest absolute Gasteiger partial charge is 0.356 e. The summed E-state index contributed by atoms with van der Waals surface area (Å²) < 4.78 is 0. The van der Waals surface area contributed by atoms with Gasteiger partial charge >= 0.3 is 0 Å². The summed E-state index contributed by atoms with van der Waals surface area (Å²) in [6.07, 6.45) is 5.09. The number of hydrogen-bond donors (Lipinski definition) is 2. The summed E-state index contributed by atoms with van der Waals surface area (Å²) in [5.41, 5.74) is 5.95. The van der Waals surface area contributed by atoms with Gasteiger partial charge in [0.05, 0.1) is 0 Å². The molecule has 3 N–H and O–H groups in total. The lowest BCUT2D eigenvalue weighted by atomic mass is 9.70. The first-order valence-electron chi connectivity index (χ1n) is 5.86. The molecule has 0 radical (unpaired) electrons. The lowest BCUT2D eigenvalue weighted by Crippen LogP contribution is -2.41. The Hall–Kier alpha value is -0.570. The molecule has 1 rings (SSSR count). The fourth-order valence-electron chi connectivity index (χ4n) is 1.79. The number of hydrogen-bond acceptors (Lipinski definition) is 2. The molecule has 1 saturated carbocycles. The van der Waals surface area contributed by atoms with Gasteiger partial charge in [-0.05, 0) is 38.5 Å². The average molecular weight is 212 g/mol. The van der Waals surface area contributed by atoms with Gasteiger partial charge in [-0.2, -0.15) is 0 Å². The van der Waals surface area contributed by atoms with Gasteiger partial charge in [0.1, 0.15) is 0 Å². The minimum absolute atomic E-state index is 0.140. The molecule has 3 nitrogen and oxygen atoms in total. The molecule has 0 aromatic heterocycles. The molecule has 1 aliphatic carbocycles. The van der Waals surface area contributed by atoms with Crippen molar-refractivity contribution >= 4 is 5.91 Å². The first-order chi connectivity index (χ1) is 6.81. The van der Waals surface area contributed by atoms with Gasteiger partial charge in [0.25, 0.3) is 0 Å². The van der Waals surface area contributed by atoms with Crippen molar-refractivity contribution in [2.75, 3.05) is 6.54 Å². The van der Waals surface area contributed by atoms with Gasteiger partial charge in [-0.25, -0.2) is 0 Å². The Morgan fingerprint density at radius 1 is 1.47 bits per heavy atom. The topological polar surface area (TPSA) is 55.1 Å². The fourth-order valence-corrected chi connectivity index (χ4v) is 1.79. The van der Waals surface area contributed by atoms with Gasteiger partial charge in [0.15, 0.2) is 0 Å². The highest BCUT2D eigenvalue weighted by Gasteiger charge is 2.31. The van der Waals surface area contributed by atoms with Crippen LogP contribution in [-0.4, -0.2) is 18.0 Å². The van der Waals surface area contributed by atoms with E-state index in [4.69, 9.17) is 5.73 Å². The van der Waals surface area contributed by atoms with E-state index in [2.05, 4.69) is 12.2 Å². The SMILES string of the molecule is CC(C)(N)CCC(=O)NCC1(C)CCC1. The van der Waals surface area contributed by atoms with Crippen molar-refractivity contribution in [3.8, 4) is 0 Å². The second-order valence-electron chi connectivity index (χ2n) is 5.93. The van der Waals surface area contributed by atoms with Gasteiger partial charge in [-0.1, -0.05) is 13.3 Å². The molecule has 0 aromatic carbocycles. The Morgan fingerprint density at radius 2 is 2.07 bits per heavy atom. The number of carbonyl (C=O) groups is 1. The summed E-state index contributed by atoms with van der Waals surface area (Å²) >= 11 is 0. The average Bonchev–Trinajstić information content (AvgIpc) is 2.07. The highest BCUT2D eigenvalue weighted by molar-refractivity contribution is 5.76. The fraction of sp³-hybridized carbons (Fsp3) is 0.917. The molecule has 88 valence electrons. The Kier molecular flexibility index (Phi) is 3.77. The van der Waals surface area contributed by atoms with E-state index in [-0.39, 0.29) is 11.4 Å². The Bertz CT molecular complexity index is 226. The van der Waals surface area contributed by atoms with Crippen molar-refractivity contribution in [2.24, 2.45) is 11.1 Å². The van der Waals surface area contributed by atoms with Crippen molar-refractivity contribution < 1.29 is 4.79 Å². The van der Waals surface area contributed by atoms with Crippen molar-refractivity contribution in [1.29, 1.82) is 0 Å². The molecule has 0 heterocycles. The lowest BCUT2D eigenvalue weighted by Gasteiger charge is -2.38. The summed E-state index contributed by atoms with van der Waals surface area (Å²) in [5, 5.41) is 3.00. The number of rotatable bonds is 5. The summed E-state index contributed by atoms with van der Waals surface area (Å²) in [4.78, 5) is 11.5. The molecular formula is C12H24N2O. The van der Waals surface area contributed by atoms with Gasteiger partial charge in [0.2, 0.25) is 5.91 Å². The molecule has 1 fully saturated rings. The van der Waals surface area contributed by atoms with E-state index in [1.807, 2.05) is 13.8 Å². The van der Waals surface area contributed by atoms with E-state index >= 15 is 0 Å². The first-order valence-corrected chi connectivity index (χ1v) is 5.86. The quantitative estimate of drug-likeness (QED) is 0.730. The lowest BCUT2D eigenvalue weighted by molar-refractivity contribution is -0.122. The second-order valence-corrected chi connectivity index (χ2v) is 5.93. The van der Waals surface area contributed by atoms with E-state index in [0.29, 0.717) is 11.8 Å². The van der Waals surface area contributed by atoms with Crippen LogP contribution < -0.4 is 11.1 Å². The van der Waals surface area contributed by atoms with E-state index in [1.54, 1.807) is 0 Å². The third-order valence-electron chi connectivity index (χ3n) is 3.27. The van der Waals surface area contributed by atoms with Crippen LogP contribution in [0, 0.1) is 5.41 Å². The molecule has 0 aliphatic heterocycles. The standard InChI is InChI=1S/C12H24N2O/c1-11(2,13)8-5-10(15)14-9-12(3)6-4-7-12/h4-9,13H2,1-3H3,(H,14,15). The number of carbonyl (C=O) groups excluding carboxylic acids is 1. The maximum atomic E-state index is 11.5. The summed E-state index contributed by atoms with van der Waals surface area (Å²) in [5.74, 6) is 0.140. The zero-order valence-electron chi connectivity index (χ0n) is 10.2. The summed E-state index contributed by atoms with van der Waals surface area (Å²) in [7, 11) is 0. The van der Waals surface area contributed by atoms with E-state index in [0.717, 1.165) is 13.0 Å². The van der Waals surface area contributed by atoms with E-state index < -0.39 is 0 Å². The number of nitrogens with two attached hydrogens (primary N) is 1. The summed E-state index contributed by atoms with van der Waals surface area (Å²) in [6.45, 7) is 6.97. The van der Waals surface area contributed by atoms with E-state index in [1.165, 1.54) is 19.3 Å². The highest BCUT2D eigenvalue weighted by Crippen LogP contribution is 2.39. The normalized spacial score (nSPS) is 19.5. The molecular weight excluding hydrogens is 188 g/mol. The molecule has 0 saturated heterocycles. The van der Waals surface area contributed by atoms with Crippen LogP contribution in [0.3, 0.4) is 0 Å². The molecule has 0 atom stereocenters. The van der Waals surface area contributed by atoms with Crippen LogP contribution in [-0.2, 0) is 4.79 Å². The molecule has 3 heteroatoms. The van der Waals surface area contributed by atoms with Gasteiger partial charge < -0.3 is 11.1 Å². The molecule has 1 aliphatic rings. The molecule has 1 amide bonds. The first kappa shape index (κ1) is 12.5. The minimum Gasteiger partial charge on any atom is -0.356 e. The van der Waals surface area contributed by atoms with Crippen LogP contribution >= 0.6 is 0 Å². The maximum absolute atomic E-state index is 11.5. The molecule has 0 bridgehead atoms. The zero-order chi connectivity index (χ0) is 11.5. The maximum Gasteiger partial charge on any atom is 0.220 e. The van der Waals surface area contributed by atoms with Crippen LogP contribution in [0.15, 0.2) is 0 Å². The van der Waals surface area contributed by atoms with Crippen LogP contribution in [0.4, 0.5) is 0 Å². The molecule has 0 unspecified atom stereocenters. The highest BCUT2D eigenvalue weighted by atomic mass is 16.1. The Labute approximate surface area is 92.8 Å². The predicted octanol–water partition coefficient (Wildman–Crippen LogP) is 1.81. The number of nitrogens with one attached hydrogen (secondary N) is 1. The van der Waals surface area contributed by atoms with Crippen molar-refractivity contribution in [1.82, 2.24) is 5.32 Å². The Morgan fingerprint density at radius 3 is 2.47 bits per heavy atom. The third kappa shape index (κ3) is 4.65. The van der Waals surface area contributed by atoms with Crippen LogP contribution in [0.25, 0.3) is 0 Å². The van der Waals surface area contributed by atoms with Gasteiger partial charge in [-0.3, -0.25) is 4.79 Å².